The van der Waals surface area contributed by atoms with Crippen LogP contribution < -0.4 is 5.73 Å². The summed E-state index contributed by atoms with van der Waals surface area (Å²) >= 11 is 11.8. The highest BCUT2D eigenvalue weighted by Gasteiger charge is 2.11. The second-order valence-electron chi connectivity index (χ2n) is 3.81. The number of benzene rings is 2. The van der Waals surface area contributed by atoms with Gasteiger partial charge in [-0.3, -0.25) is 0 Å². The molecule has 0 aromatic heterocycles. The van der Waals surface area contributed by atoms with Crippen molar-refractivity contribution in [2.45, 2.75) is 6.92 Å². The van der Waals surface area contributed by atoms with Gasteiger partial charge >= 0.3 is 0 Å². The zero-order valence-electron chi connectivity index (χ0n) is 9.10. The Hall–Kier alpha value is -1.25. The predicted octanol–water partition coefficient (Wildman–Crippen LogP) is 4.69. The third-order valence-corrected chi connectivity index (χ3v) is 3.12. The Balaban J connectivity index is 2.64. The van der Waals surface area contributed by atoms with Crippen LogP contribution in [0.5, 0.6) is 0 Å². The molecule has 2 rings (SSSR count). The summed E-state index contributed by atoms with van der Waals surface area (Å²) < 4.78 is 13.8. The zero-order chi connectivity index (χ0) is 12.6. The van der Waals surface area contributed by atoms with E-state index in [4.69, 9.17) is 28.9 Å². The molecule has 0 aliphatic heterocycles. The van der Waals surface area contributed by atoms with E-state index in [1.807, 2.05) is 0 Å². The standard InChI is InChI=1S/C13H10Cl2FN/c1-7-4-12(16)10(6-13(7)17)9-3-2-8(14)5-11(9)15/h2-6H,17H2,1H3. The first-order valence-electron chi connectivity index (χ1n) is 5.00. The molecule has 2 aromatic rings. The van der Waals surface area contributed by atoms with E-state index >= 15 is 0 Å². The molecule has 0 fully saturated rings. The Morgan fingerprint density at radius 1 is 1.06 bits per heavy atom. The van der Waals surface area contributed by atoms with E-state index in [0.717, 1.165) is 0 Å². The van der Waals surface area contributed by atoms with E-state index in [0.29, 0.717) is 32.4 Å². The number of aryl methyl sites for hydroxylation is 1. The number of anilines is 1. The normalized spacial score (nSPS) is 10.6. The molecule has 0 aliphatic carbocycles. The number of nitrogen functional groups attached to an aromatic ring is 1. The lowest BCUT2D eigenvalue weighted by Gasteiger charge is -2.09. The van der Waals surface area contributed by atoms with Crippen molar-refractivity contribution in [3.8, 4) is 11.1 Å². The summed E-state index contributed by atoms with van der Waals surface area (Å²) in [6.07, 6.45) is 0. The van der Waals surface area contributed by atoms with Gasteiger partial charge in [-0.25, -0.2) is 4.39 Å². The second-order valence-corrected chi connectivity index (χ2v) is 4.66. The van der Waals surface area contributed by atoms with Gasteiger partial charge in [-0.2, -0.15) is 0 Å². The molecule has 2 N–H and O–H groups in total. The maximum Gasteiger partial charge on any atom is 0.131 e. The summed E-state index contributed by atoms with van der Waals surface area (Å²) in [5.74, 6) is -0.346. The minimum absolute atomic E-state index is 0.346. The number of rotatable bonds is 1. The van der Waals surface area contributed by atoms with Crippen LogP contribution >= 0.6 is 23.2 Å². The van der Waals surface area contributed by atoms with E-state index in [2.05, 4.69) is 0 Å². The fourth-order valence-corrected chi connectivity index (χ4v) is 2.11. The average Bonchev–Trinajstić information content (AvgIpc) is 2.24. The van der Waals surface area contributed by atoms with Gasteiger partial charge in [-0.05, 0) is 36.8 Å². The molecule has 2 aromatic carbocycles. The number of hydrogen-bond acceptors (Lipinski definition) is 1. The second kappa shape index (κ2) is 4.55. The van der Waals surface area contributed by atoms with Crippen LogP contribution in [-0.4, -0.2) is 0 Å². The van der Waals surface area contributed by atoms with Crippen molar-refractivity contribution >= 4 is 28.9 Å². The summed E-state index contributed by atoms with van der Waals surface area (Å²) in [5, 5.41) is 0.916. The molecular weight excluding hydrogens is 260 g/mol. The monoisotopic (exact) mass is 269 g/mol. The van der Waals surface area contributed by atoms with Gasteiger partial charge in [0.05, 0.1) is 0 Å². The third kappa shape index (κ3) is 2.38. The molecule has 0 saturated carbocycles. The van der Waals surface area contributed by atoms with Gasteiger partial charge in [0.1, 0.15) is 5.82 Å². The lowest BCUT2D eigenvalue weighted by molar-refractivity contribution is 0.630. The molecule has 0 amide bonds. The highest BCUT2D eigenvalue weighted by molar-refractivity contribution is 6.36. The molecule has 0 saturated heterocycles. The molecule has 88 valence electrons. The van der Waals surface area contributed by atoms with Crippen LogP contribution in [0, 0.1) is 12.7 Å². The van der Waals surface area contributed by atoms with Crippen LogP contribution in [0.1, 0.15) is 5.56 Å². The Morgan fingerprint density at radius 3 is 2.41 bits per heavy atom. The Labute approximate surface area is 109 Å². The Morgan fingerprint density at radius 2 is 1.76 bits per heavy atom. The number of halogens is 3. The molecule has 4 heteroatoms. The zero-order valence-corrected chi connectivity index (χ0v) is 10.6. The van der Waals surface area contributed by atoms with Gasteiger partial charge in [0, 0.05) is 26.9 Å². The molecule has 17 heavy (non-hydrogen) atoms. The van der Waals surface area contributed by atoms with Crippen LogP contribution in [0.2, 0.25) is 10.0 Å². The molecule has 0 radical (unpaired) electrons. The van der Waals surface area contributed by atoms with E-state index < -0.39 is 0 Å². The highest BCUT2D eigenvalue weighted by Crippen LogP contribution is 2.33. The molecule has 0 spiro atoms. The third-order valence-electron chi connectivity index (χ3n) is 2.58. The number of nitrogens with two attached hydrogens (primary N) is 1. The van der Waals surface area contributed by atoms with Crippen LogP contribution in [0.25, 0.3) is 11.1 Å². The summed E-state index contributed by atoms with van der Waals surface area (Å²) in [5.41, 5.74) is 7.98. The molecule has 0 atom stereocenters. The fraction of sp³-hybridized carbons (Fsp3) is 0.0769. The first kappa shape index (κ1) is 12.2. The van der Waals surface area contributed by atoms with Crippen LogP contribution in [-0.2, 0) is 0 Å². The SMILES string of the molecule is Cc1cc(F)c(-c2ccc(Cl)cc2Cl)cc1N. The molecule has 1 nitrogen and oxygen atoms in total. The number of hydrogen-bond donors (Lipinski definition) is 1. The predicted molar refractivity (Wildman–Crippen MR) is 71.0 cm³/mol. The molecular formula is C13H10Cl2FN. The van der Waals surface area contributed by atoms with Crippen molar-refractivity contribution in [2.75, 3.05) is 5.73 Å². The minimum Gasteiger partial charge on any atom is -0.398 e. The first-order chi connectivity index (χ1) is 7.99. The largest absolute Gasteiger partial charge is 0.398 e. The van der Waals surface area contributed by atoms with Gasteiger partial charge in [0.25, 0.3) is 0 Å². The average molecular weight is 270 g/mol. The van der Waals surface area contributed by atoms with Crippen molar-refractivity contribution < 1.29 is 4.39 Å². The Bertz CT molecular complexity index is 582. The molecule has 0 heterocycles. The maximum absolute atomic E-state index is 13.8. The van der Waals surface area contributed by atoms with Crippen molar-refractivity contribution in [3.05, 3.63) is 51.8 Å². The minimum atomic E-state index is -0.346. The quantitative estimate of drug-likeness (QED) is 0.747. The van der Waals surface area contributed by atoms with E-state index in [9.17, 15) is 4.39 Å². The fourth-order valence-electron chi connectivity index (χ4n) is 1.60. The van der Waals surface area contributed by atoms with Gasteiger partial charge in [-0.15, -0.1) is 0 Å². The van der Waals surface area contributed by atoms with E-state index in [-0.39, 0.29) is 5.82 Å². The van der Waals surface area contributed by atoms with Crippen LogP contribution in [0.4, 0.5) is 10.1 Å². The molecule has 0 bridgehead atoms. The Kier molecular flexibility index (Phi) is 3.27. The lowest BCUT2D eigenvalue weighted by Crippen LogP contribution is -1.94. The smallest absolute Gasteiger partial charge is 0.131 e. The summed E-state index contributed by atoms with van der Waals surface area (Å²) in [4.78, 5) is 0. The van der Waals surface area contributed by atoms with Crippen LogP contribution in [0.3, 0.4) is 0 Å². The topological polar surface area (TPSA) is 26.0 Å². The summed E-state index contributed by atoms with van der Waals surface area (Å²) in [6, 6.07) is 7.90. The van der Waals surface area contributed by atoms with Crippen molar-refractivity contribution in [3.63, 3.8) is 0 Å². The lowest BCUT2D eigenvalue weighted by atomic mass is 10.0. The van der Waals surface area contributed by atoms with E-state index in [1.165, 1.54) is 6.07 Å². The van der Waals surface area contributed by atoms with E-state index in [1.54, 1.807) is 31.2 Å². The summed E-state index contributed by atoms with van der Waals surface area (Å²) in [7, 11) is 0. The van der Waals surface area contributed by atoms with Crippen molar-refractivity contribution in [1.82, 2.24) is 0 Å². The maximum atomic E-state index is 13.8. The van der Waals surface area contributed by atoms with Crippen LogP contribution in [0.15, 0.2) is 30.3 Å². The van der Waals surface area contributed by atoms with Gasteiger partial charge < -0.3 is 5.73 Å². The van der Waals surface area contributed by atoms with Gasteiger partial charge in [-0.1, -0.05) is 29.3 Å². The van der Waals surface area contributed by atoms with Crippen molar-refractivity contribution in [2.24, 2.45) is 0 Å². The van der Waals surface area contributed by atoms with Crippen molar-refractivity contribution in [1.29, 1.82) is 0 Å². The highest BCUT2D eigenvalue weighted by atomic mass is 35.5. The van der Waals surface area contributed by atoms with Gasteiger partial charge in [0.15, 0.2) is 0 Å². The molecule has 0 aliphatic rings. The molecule has 0 unspecified atom stereocenters. The first-order valence-corrected chi connectivity index (χ1v) is 5.75. The summed E-state index contributed by atoms with van der Waals surface area (Å²) in [6.45, 7) is 1.76. The van der Waals surface area contributed by atoms with Gasteiger partial charge in [0.2, 0.25) is 0 Å².